The second-order valence-corrected chi connectivity index (χ2v) is 8.11. The molecule has 0 radical (unpaired) electrons. The summed E-state index contributed by atoms with van der Waals surface area (Å²) in [6, 6.07) is 6.53. The highest BCUT2D eigenvalue weighted by Gasteiger charge is 2.16. The number of hydrogen-bond donors (Lipinski definition) is 1. The van der Waals surface area contributed by atoms with Gasteiger partial charge in [-0.25, -0.2) is 0 Å². The molecule has 1 aliphatic rings. The van der Waals surface area contributed by atoms with Crippen molar-refractivity contribution in [1.82, 2.24) is 5.32 Å². The highest BCUT2D eigenvalue weighted by atomic mass is 15.1. The summed E-state index contributed by atoms with van der Waals surface area (Å²) in [5.41, 5.74) is 10.5. The Labute approximate surface area is 177 Å². The maximum absolute atomic E-state index is 4.43. The molecule has 0 bridgehead atoms. The van der Waals surface area contributed by atoms with Gasteiger partial charge in [0.2, 0.25) is 0 Å². The second-order valence-electron chi connectivity index (χ2n) is 8.11. The van der Waals surface area contributed by atoms with E-state index in [1.807, 2.05) is 0 Å². The quantitative estimate of drug-likeness (QED) is 0.578. The number of nitrogens with zero attached hydrogens (tertiary/aromatic N) is 1. The van der Waals surface area contributed by atoms with Crippen LogP contribution in [-0.4, -0.2) is 13.6 Å². The average molecular weight is 389 g/mol. The molecule has 0 aliphatic heterocycles. The Kier molecular flexibility index (Phi) is 7.50. The standard InChI is InChI=1S/C27H36N2/c1-10-28-22(7)27-17-24(13-11-19(4)15-26(27)18(2)3)23(8)29(9)25-14-12-20(5)21(6)16-25/h11-18,28H,4,8,10H2,1-3,5-7,9H3/b13-11-,24-17+,26-15-,27-22-. The van der Waals surface area contributed by atoms with Crippen LogP contribution in [0.5, 0.6) is 0 Å². The van der Waals surface area contributed by atoms with Gasteiger partial charge in [0.1, 0.15) is 0 Å². The lowest BCUT2D eigenvalue weighted by Gasteiger charge is -2.26. The number of nitrogens with one attached hydrogen (secondary N) is 1. The van der Waals surface area contributed by atoms with E-state index in [-0.39, 0.29) is 0 Å². The van der Waals surface area contributed by atoms with E-state index in [4.69, 9.17) is 0 Å². The minimum Gasteiger partial charge on any atom is -0.388 e. The van der Waals surface area contributed by atoms with E-state index in [1.165, 1.54) is 28.0 Å². The lowest BCUT2D eigenvalue weighted by Crippen LogP contribution is -2.18. The van der Waals surface area contributed by atoms with Gasteiger partial charge in [0.05, 0.1) is 0 Å². The third kappa shape index (κ3) is 5.41. The summed E-state index contributed by atoms with van der Waals surface area (Å²) < 4.78 is 0. The van der Waals surface area contributed by atoms with E-state index in [0.29, 0.717) is 5.92 Å². The first-order valence-corrected chi connectivity index (χ1v) is 10.4. The normalized spacial score (nSPS) is 20.8. The van der Waals surface area contributed by atoms with Gasteiger partial charge in [-0.2, -0.15) is 0 Å². The van der Waals surface area contributed by atoms with Crippen LogP contribution in [0.25, 0.3) is 0 Å². The van der Waals surface area contributed by atoms with Gasteiger partial charge in [-0.3, -0.25) is 0 Å². The number of likely N-dealkylation sites (N-methyl/N-ethyl adjacent to an activating group) is 1. The SMILES string of the molecule is C=C1\C=C/C(C(=C)N(C)c2ccc(C)c(C)c2)=C\C(=C(/C)NCC)C(\C(C)C)=C/1. The molecule has 0 amide bonds. The minimum absolute atomic E-state index is 0.394. The van der Waals surface area contributed by atoms with E-state index in [2.05, 4.69) is 114 Å². The Bertz CT molecular complexity index is 920. The van der Waals surface area contributed by atoms with Crippen LogP contribution in [0.4, 0.5) is 5.69 Å². The molecule has 1 aromatic carbocycles. The first-order chi connectivity index (χ1) is 13.6. The molecule has 2 rings (SSSR count). The van der Waals surface area contributed by atoms with Crippen molar-refractivity contribution in [3.63, 3.8) is 0 Å². The van der Waals surface area contributed by atoms with Crippen LogP contribution in [0.1, 0.15) is 38.8 Å². The molecule has 0 spiro atoms. The van der Waals surface area contributed by atoms with E-state index >= 15 is 0 Å². The maximum atomic E-state index is 4.43. The molecule has 0 atom stereocenters. The van der Waals surface area contributed by atoms with E-state index in [1.54, 1.807) is 0 Å². The van der Waals surface area contributed by atoms with Gasteiger partial charge in [0.15, 0.2) is 0 Å². The number of benzene rings is 1. The molecule has 0 fully saturated rings. The average Bonchev–Trinajstić information content (AvgIpc) is 2.66. The molecule has 2 nitrogen and oxygen atoms in total. The number of rotatable bonds is 6. The number of aryl methyl sites for hydroxylation is 2. The summed E-state index contributed by atoms with van der Waals surface area (Å²) in [6.07, 6.45) is 8.65. The van der Waals surface area contributed by atoms with Gasteiger partial charge < -0.3 is 10.2 Å². The zero-order valence-corrected chi connectivity index (χ0v) is 19.2. The maximum Gasteiger partial charge on any atom is 0.0410 e. The largest absolute Gasteiger partial charge is 0.388 e. The van der Waals surface area contributed by atoms with Crippen LogP contribution >= 0.6 is 0 Å². The Morgan fingerprint density at radius 1 is 1.10 bits per heavy atom. The van der Waals surface area contributed by atoms with Gasteiger partial charge >= 0.3 is 0 Å². The number of allylic oxidation sites excluding steroid dienone is 8. The molecule has 0 unspecified atom stereocenters. The van der Waals surface area contributed by atoms with Crippen LogP contribution < -0.4 is 10.2 Å². The predicted molar refractivity (Wildman–Crippen MR) is 129 cm³/mol. The lowest BCUT2D eigenvalue weighted by atomic mass is 9.88. The zero-order chi connectivity index (χ0) is 21.7. The number of hydrogen-bond acceptors (Lipinski definition) is 2. The highest BCUT2D eigenvalue weighted by Crippen LogP contribution is 2.31. The summed E-state index contributed by atoms with van der Waals surface area (Å²) in [6.45, 7) is 22.6. The Morgan fingerprint density at radius 3 is 2.38 bits per heavy atom. The van der Waals surface area contributed by atoms with Gasteiger partial charge in [-0.1, -0.05) is 51.3 Å². The fraction of sp³-hybridized carbons (Fsp3) is 0.333. The van der Waals surface area contributed by atoms with Gasteiger partial charge in [-0.05, 0) is 85.2 Å². The van der Waals surface area contributed by atoms with Crippen LogP contribution in [0.3, 0.4) is 0 Å². The lowest BCUT2D eigenvalue weighted by molar-refractivity contribution is 0.765. The van der Waals surface area contributed by atoms with Crippen LogP contribution in [0, 0.1) is 19.8 Å². The minimum atomic E-state index is 0.394. The molecule has 0 saturated carbocycles. The van der Waals surface area contributed by atoms with E-state index in [9.17, 15) is 0 Å². The van der Waals surface area contributed by atoms with Crippen molar-refractivity contribution in [2.24, 2.45) is 5.92 Å². The monoisotopic (exact) mass is 388 g/mol. The summed E-state index contributed by atoms with van der Waals surface area (Å²) in [7, 11) is 2.08. The van der Waals surface area contributed by atoms with Crippen molar-refractivity contribution in [2.75, 3.05) is 18.5 Å². The summed E-state index contributed by atoms with van der Waals surface area (Å²) in [5, 5.41) is 3.49. The van der Waals surface area contributed by atoms with Crippen LogP contribution in [0.2, 0.25) is 0 Å². The molecule has 1 aromatic rings. The molecular formula is C27H36N2. The predicted octanol–water partition coefficient (Wildman–Crippen LogP) is 6.77. The zero-order valence-electron chi connectivity index (χ0n) is 19.2. The van der Waals surface area contributed by atoms with Gasteiger partial charge in [0.25, 0.3) is 0 Å². The molecule has 2 heteroatoms. The van der Waals surface area contributed by atoms with E-state index < -0.39 is 0 Å². The summed E-state index contributed by atoms with van der Waals surface area (Å²) in [5.74, 6) is 0.394. The Morgan fingerprint density at radius 2 is 1.79 bits per heavy atom. The topological polar surface area (TPSA) is 15.3 Å². The van der Waals surface area contributed by atoms with Crippen molar-refractivity contribution in [3.05, 3.63) is 100 Å². The Balaban J connectivity index is 2.56. The van der Waals surface area contributed by atoms with Crippen LogP contribution in [-0.2, 0) is 0 Å². The third-order valence-corrected chi connectivity index (χ3v) is 5.51. The van der Waals surface area contributed by atoms with Crippen molar-refractivity contribution in [3.8, 4) is 0 Å². The van der Waals surface area contributed by atoms with Gasteiger partial charge in [-0.15, -0.1) is 0 Å². The van der Waals surface area contributed by atoms with E-state index in [0.717, 1.165) is 29.1 Å². The van der Waals surface area contributed by atoms with Crippen molar-refractivity contribution in [1.29, 1.82) is 0 Å². The summed E-state index contributed by atoms with van der Waals surface area (Å²) in [4.78, 5) is 2.16. The van der Waals surface area contributed by atoms with Gasteiger partial charge in [0, 0.05) is 30.7 Å². The summed E-state index contributed by atoms with van der Waals surface area (Å²) >= 11 is 0. The molecular weight excluding hydrogens is 352 g/mol. The first kappa shape index (κ1) is 22.5. The fourth-order valence-electron chi connectivity index (χ4n) is 3.44. The molecule has 29 heavy (non-hydrogen) atoms. The number of anilines is 1. The Hall–Kier alpha value is -2.74. The fourth-order valence-corrected chi connectivity index (χ4v) is 3.44. The van der Waals surface area contributed by atoms with Crippen molar-refractivity contribution in [2.45, 2.75) is 41.5 Å². The molecule has 154 valence electrons. The smallest absolute Gasteiger partial charge is 0.0410 e. The first-order valence-electron chi connectivity index (χ1n) is 10.4. The van der Waals surface area contributed by atoms with Crippen molar-refractivity contribution >= 4 is 5.69 Å². The third-order valence-electron chi connectivity index (χ3n) is 5.51. The highest BCUT2D eigenvalue weighted by molar-refractivity contribution is 5.63. The molecule has 1 aliphatic carbocycles. The second kappa shape index (κ2) is 9.65. The van der Waals surface area contributed by atoms with Crippen molar-refractivity contribution < 1.29 is 0 Å². The van der Waals surface area contributed by atoms with Crippen LogP contribution in [0.15, 0.2) is 89.3 Å². The molecule has 1 N–H and O–H groups in total. The molecule has 0 aromatic heterocycles. The molecule has 0 heterocycles. The molecule has 0 saturated heterocycles.